The van der Waals surface area contributed by atoms with E-state index in [0.717, 1.165) is 0 Å². The van der Waals surface area contributed by atoms with E-state index in [-0.39, 0.29) is 15.7 Å². The number of anilines is 1. The minimum Gasteiger partial charge on any atom is -0.464 e. The minimum atomic E-state index is -1.83. The van der Waals surface area contributed by atoms with E-state index in [1.54, 1.807) is 0 Å². The van der Waals surface area contributed by atoms with Gasteiger partial charge in [-0.25, -0.2) is 9.69 Å². The zero-order valence-electron chi connectivity index (χ0n) is 9.65. The van der Waals surface area contributed by atoms with Crippen LogP contribution in [-0.2, 0) is 4.79 Å². The maximum absolute atomic E-state index is 11.8. The van der Waals surface area contributed by atoms with Gasteiger partial charge in [-0.3, -0.25) is 4.79 Å². The maximum atomic E-state index is 11.8. The lowest BCUT2D eigenvalue weighted by molar-refractivity contribution is -0.132. The summed E-state index contributed by atoms with van der Waals surface area (Å²) >= 11 is 11.5. The van der Waals surface area contributed by atoms with Crippen molar-refractivity contribution < 1.29 is 19.8 Å². The summed E-state index contributed by atoms with van der Waals surface area (Å²) in [5.41, 5.74) is -1.85. The van der Waals surface area contributed by atoms with Gasteiger partial charge in [0, 0.05) is 10.0 Å². The second-order valence-electron chi connectivity index (χ2n) is 4.11. The minimum absolute atomic E-state index is 0.0212. The van der Waals surface area contributed by atoms with Crippen molar-refractivity contribution >= 4 is 40.9 Å². The highest BCUT2D eigenvalue weighted by Crippen LogP contribution is 2.27. The maximum Gasteiger partial charge on any atom is 0.418 e. The molecule has 2 N–H and O–H groups in total. The molecule has 1 aromatic rings. The number of hydrogen-bond acceptors (Lipinski definition) is 3. The quantitative estimate of drug-likeness (QED) is 0.878. The summed E-state index contributed by atoms with van der Waals surface area (Å²) in [7, 11) is 0. The van der Waals surface area contributed by atoms with E-state index in [2.05, 4.69) is 0 Å². The third-order valence-electron chi connectivity index (χ3n) is 2.02. The molecule has 0 aliphatic rings. The number of benzene rings is 1. The number of halogens is 2. The molecule has 0 bridgehead atoms. The lowest BCUT2D eigenvalue weighted by Crippen LogP contribution is -2.48. The lowest BCUT2D eigenvalue weighted by Gasteiger charge is -2.24. The SMILES string of the molecule is CC(C)(O)C(=O)N(C(=O)O)c1cc(Cl)cc(Cl)c1. The molecule has 0 aromatic heterocycles. The van der Waals surface area contributed by atoms with E-state index in [1.807, 2.05) is 0 Å². The number of nitrogens with zero attached hydrogens (tertiary/aromatic N) is 1. The largest absolute Gasteiger partial charge is 0.464 e. The molecule has 0 saturated heterocycles. The molecule has 2 amide bonds. The average molecular weight is 292 g/mol. The molecule has 7 heteroatoms. The van der Waals surface area contributed by atoms with Crippen LogP contribution < -0.4 is 4.90 Å². The highest BCUT2D eigenvalue weighted by molar-refractivity contribution is 6.35. The van der Waals surface area contributed by atoms with Gasteiger partial charge in [0.15, 0.2) is 0 Å². The molecular formula is C11H11Cl2NO4. The Morgan fingerprint density at radius 3 is 1.94 bits per heavy atom. The second kappa shape index (κ2) is 5.14. The number of carbonyl (C=O) groups excluding carboxylic acids is 1. The summed E-state index contributed by atoms with van der Waals surface area (Å²) in [6.07, 6.45) is -1.53. The van der Waals surface area contributed by atoms with Crippen LogP contribution in [0.1, 0.15) is 13.8 Å². The highest BCUT2D eigenvalue weighted by Gasteiger charge is 2.34. The number of carboxylic acid groups (broad SMARTS) is 1. The van der Waals surface area contributed by atoms with Crippen molar-refractivity contribution in [3.63, 3.8) is 0 Å². The average Bonchev–Trinajstić information content (AvgIpc) is 2.13. The van der Waals surface area contributed by atoms with Gasteiger partial charge in [0.25, 0.3) is 5.91 Å². The van der Waals surface area contributed by atoms with Gasteiger partial charge in [-0.1, -0.05) is 23.2 Å². The van der Waals surface area contributed by atoms with Crippen LogP contribution in [-0.4, -0.2) is 27.8 Å². The molecule has 1 rings (SSSR count). The molecule has 0 aliphatic heterocycles. The van der Waals surface area contributed by atoms with Gasteiger partial charge in [0.2, 0.25) is 0 Å². The van der Waals surface area contributed by atoms with E-state index >= 15 is 0 Å². The van der Waals surface area contributed by atoms with Crippen molar-refractivity contribution in [3.05, 3.63) is 28.2 Å². The van der Waals surface area contributed by atoms with Gasteiger partial charge in [-0.15, -0.1) is 0 Å². The molecule has 0 fully saturated rings. The Labute approximate surface area is 114 Å². The molecule has 0 radical (unpaired) electrons. The van der Waals surface area contributed by atoms with Crippen LogP contribution in [0.3, 0.4) is 0 Å². The molecule has 0 saturated carbocycles. The van der Waals surface area contributed by atoms with Crippen molar-refractivity contribution in [1.82, 2.24) is 0 Å². The van der Waals surface area contributed by atoms with Crippen molar-refractivity contribution in [3.8, 4) is 0 Å². The molecule has 5 nitrogen and oxygen atoms in total. The molecule has 0 spiro atoms. The Morgan fingerprint density at radius 2 is 1.61 bits per heavy atom. The molecule has 0 heterocycles. The van der Waals surface area contributed by atoms with Crippen LogP contribution in [0, 0.1) is 0 Å². The zero-order valence-corrected chi connectivity index (χ0v) is 11.2. The van der Waals surface area contributed by atoms with Crippen molar-refractivity contribution in [2.75, 3.05) is 4.90 Å². The first-order chi connectivity index (χ1) is 8.12. The standard InChI is InChI=1S/C11H11Cl2NO4/c1-11(2,18)9(15)14(10(16)17)8-4-6(12)3-7(13)5-8/h3-5,18H,1-2H3,(H,16,17). The first-order valence-electron chi connectivity index (χ1n) is 4.89. The fraction of sp³-hybridized carbons (Fsp3) is 0.273. The van der Waals surface area contributed by atoms with Gasteiger partial charge < -0.3 is 10.2 Å². The molecule has 1 aromatic carbocycles. The second-order valence-corrected chi connectivity index (χ2v) is 4.98. The Bertz CT molecular complexity index is 476. The summed E-state index contributed by atoms with van der Waals surface area (Å²) in [5.74, 6) is -0.992. The fourth-order valence-corrected chi connectivity index (χ4v) is 1.77. The molecular weight excluding hydrogens is 281 g/mol. The molecule has 0 unspecified atom stereocenters. The Balaban J connectivity index is 3.29. The van der Waals surface area contributed by atoms with Crippen LogP contribution in [0.5, 0.6) is 0 Å². The first-order valence-corrected chi connectivity index (χ1v) is 5.64. The van der Waals surface area contributed by atoms with E-state index in [4.69, 9.17) is 28.3 Å². The lowest BCUT2D eigenvalue weighted by atomic mass is 10.1. The van der Waals surface area contributed by atoms with E-state index < -0.39 is 17.6 Å². The van der Waals surface area contributed by atoms with Crippen molar-refractivity contribution in [2.45, 2.75) is 19.4 Å². The number of rotatable bonds is 2. The van der Waals surface area contributed by atoms with Crippen LogP contribution in [0.2, 0.25) is 10.0 Å². The van der Waals surface area contributed by atoms with Gasteiger partial charge in [0.05, 0.1) is 5.69 Å². The smallest absolute Gasteiger partial charge is 0.418 e. The summed E-state index contributed by atoms with van der Waals surface area (Å²) in [6.45, 7) is 2.38. The van der Waals surface area contributed by atoms with Crippen LogP contribution >= 0.6 is 23.2 Å². The van der Waals surface area contributed by atoms with Gasteiger partial charge in [-0.2, -0.15) is 0 Å². The number of aliphatic hydroxyl groups is 1. The van der Waals surface area contributed by atoms with Crippen molar-refractivity contribution in [2.24, 2.45) is 0 Å². The summed E-state index contributed by atoms with van der Waals surface area (Å²) in [5, 5.41) is 19.0. The third-order valence-corrected chi connectivity index (χ3v) is 2.46. The molecule has 98 valence electrons. The van der Waals surface area contributed by atoms with Gasteiger partial charge in [0.1, 0.15) is 5.60 Å². The van der Waals surface area contributed by atoms with Crippen molar-refractivity contribution in [1.29, 1.82) is 0 Å². The molecule has 0 atom stereocenters. The monoisotopic (exact) mass is 291 g/mol. The Kier molecular flexibility index (Phi) is 4.21. The fourth-order valence-electron chi connectivity index (χ4n) is 1.26. The molecule has 0 aliphatic carbocycles. The Morgan fingerprint density at radius 1 is 1.17 bits per heavy atom. The van der Waals surface area contributed by atoms with Crippen LogP contribution in [0.4, 0.5) is 10.5 Å². The third kappa shape index (κ3) is 3.35. The highest BCUT2D eigenvalue weighted by atomic mass is 35.5. The predicted octanol–water partition coefficient (Wildman–Crippen LogP) is 2.78. The van der Waals surface area contributed by atoms with E-state index in [9.17, 15) is 14.7 Å². The van der Waals surface area contributed by atoms with Gasteiger partial charge in [-0.05, 0) is 32.0 Å². The number of carbonyl (C=O) groups is 2. The van der Waals surface area contributed by atoms with E-state index in [0.29, 0.717) is 4.90 Å². The van der Waals surface area contributed by atoms with Crippen LogP contribution in [0.15, 0.2) is 18.2 Å². The number of imide groups is 1. The van der Waals surface area contributed by atoms with Gasteiger partial charge >= 0.3 is 6.09 Å². The molecule has 18 heavy (non-hydrogen) atoms. The normalized spacial score (nSPS) is 11.2. The Hall–Kier alpha value is -1.30. The van der Waals surface area contributed by atoms with E-state index in [1.165, 1.54) is 32.0 Å². The number of amides is 2. The zero-order chi connectivity index (χ0) is 14.1. The predicted molar refractivity (Wildman–Crippen MR) is 68.3 cm³/mol. The first kappa shape index (κ1) is 14.8. The van der Waals surface area contributed by atoms with Crippen LogP contribution in [0.25, 0.3) is 0 Å². The summed E-state index contributed by atoms with van der Waals surface area (Å²) in [6, 6.07) is 3.94. The summed E-state index contributed by atoms with van der Waals surface area (Å²) in [4.78, 5) is 23.4. The topological polar surface area (TPSA) is 77.8 Å². The number of hydrogen-bond donors (Lipinski definition) is 2. The summed E-state index contributed by atoms with van der Waals surface area (Å²) < 4.78 is 0.